The molecule has 0 aromatic rings. The lowest BCUT2D eigenvalue weighted by molar-refractivity contribution is -0.216. The van der Waals surface area contributed by atoms with E-state index in [1.165, 1.54) is 70.6 Å². The molecule has 19 heteroatoms. The van der Waals surface area contributed by atoms with Gasteiger partial charge in [-0.3, -0.25) is 23.2 Å². The van der Waals surface area contributed by atoms with Crippen LogP contribution in [-0.4, -0.2) is 110 Å². The number of rotatable bonds is 36. The Bertz CT molecular complexity index is 1150. The van der Waals surface area contributed by atoms with Crippen molar-refractivity contribution in [1.29, 1.82) is 0 Å². The van der Waals surface area contributed by atoms with Crippen molar-refractivity contribution in [2.45, 2.75) is 210 Å². The number of carbonyl (C=O) groups is 2. The number of ether oxygens (including phenoxy) is 2. The van der Waals surface area contributed by atoms with Crippen LogP contribution in [-0.2, 0) is 41.8 Å². The summed E-state index contributed by atoms with van der Waals surface area (Å²) in [6, 6.07) is 0. The first-order valence-corrected chi connectivity index (χ1v) is 24.3. The standard InChI is InChI=1S/C38H75NO16P2/c1-2-3-4-5-6-7-8-9-10-14-17-20-23-26-32(41)53-30(28-51-31(40)25-22-19-16-13-11-12-15-18-21-24-27-39)29-52-57(49,50)55-38-35(44)33(42)34(43)37(36(38)45)54-56(46,47)48/h30,33-38,42-45H,2-29,39H2,1H3,(H,49,50)(H2,46,47,48)/t30-,33+,34?,35+,36?,37-,38?/m1/s1. The maximum absolute atomic E-state index is 12.9. The number of aliphatic hydroxyl groups excluding tert-OH is 4. The molecule has 0 aliphatic heterocycles. The quantitative estimate of drug-likeness (QED) is 0.0216. The van der Waals surface area contributed by atoms with Gasteiger partial charge in [0.2, 0.25) is 0 Å². The van der Waals surface area contributed by atoms with Gasteiger partial charge in [-0.15, -0.1) is 0 Å². The Kier molecular flexibility index (Phi) is 30.1. The molecule has 0 aromatic heterocycles. The monoisotopic (exact) mass is 863 g/mol. The Morgan fingerprint density at radius 2 is 0.947 bits per heavy atom. The van der Waals surface area contributed by atoms with Crippen LogP contribution in [0.25, 0.3) is 0 Å². The van der Waals surface area contributed by atoms with Crippen LogP contribution in [0.4, 0.5) is 0 Å². The zero-order valence-corrected chi connectivity index (χ0v) is 35.9. The van der Waals surface area contributed by atoms with E-state index in [0.29, 0.717) is 12.8 Å². The smallest absolute Gasteiger partial charge is 0.462 e. The normalized spacial score (nSPS) is 22.9. The van der Waals surface area contributed by atoms with Crippen LogP contribution in [0.15, 0.2) is 0 Å². The van der Waals surface area contributed by atoms with Crippen molar-refractivity contribution in [3.63, 3.8) is 0 Å². The van der Waals surface area contributed by atoms with E-state index in [1.807, 2.05) is 0 Å². The van der Waals surface area contributed by atoms with Gasteiger partial charge in [-0.05, 0) is 25.8 Å². The van der Waals surface area contributed by atoms with Crippen LogP contribution in [0.3, 0.4) is 0 Å². The van der Waals surface area contributed by atoms with Gasteiger partial charge < -0.3 is 50.3 Å². The summed E-state index contributed by atoms with van der Waals surface area (Å²) >= 11 is 0. The number of aliphatic hydroxyl groups is 4. The Morgan fingerprint density at radius 1 is 0.544 bits per heavy atom. The molecule has 0 spiro atoms. The highest BCUT2D eigenvalue weighted by molar-refractivity contribution is 7.47. The summed E-state index contributed by atoms with van der Waals surface area (Å²) in [7, 11) is -10.7. The lowest BCUT2D eigenvalue weighted by Crippen LogP contribution is -2.64. The minimum absolute atomic E-state index is 0.0465. The van der Waals surface area contributed by atoms with Gasteiger partial charge in [-0.1, -0.05) is 135 Å². The van der Waals surface area contributed by atoms with E-state index in [9.17, 15) is 44.0 Å². The van der Waals surface area contributed by atoms with Gasteiger partial charge in [0.15, 0.2) is 6.10 Å². The number of nitrogens with two attached hydrogens (primary N) is 1. The molecule has 1 saturated carbocycles. The highest BCUT2D eigenvalue weighted by Gasteiger charge is 2.54. The Morgan fingerprint density at radius 3 is 1.39 bits per heavy atom. The second-order valence-corrected chi connectivity index (χ2v) is 17.8. The van der Waals surface area contributed by atoms with E-state index in [1.54, 1.807) is 0 Å². The molecular weight excluding hydrogens is 788 g/mol. The molecule has 1 aliphatic carbocycles. The number of carbonyl (C=O) groups excluding carboxylic acids is 2. The molecule has 0 radical (unpaired) electrons. The molecule has 0 aromatic carbocycles. The van der Waals surface area contributed by atoms with Crippen LogP contribution in [0, 0.1) is 0 Å². The Labute approximate surface area is 339 Å². The van der Waals surface area contributed by atoms with Crippen molar-refractivity contribution in [3.05, 3.63) is 0 Å². The van der Waals surface area contributed by atoms with Crippen LogP contribution in [0.5, 0.6) is 0 Å². The van der Waals surface area contributed by atoms with Gasteiger partial charge in [0.05, 0.1) is 6.61 Å². The minimum Gasteiger partial charge on any atom is -0.462 e. The molecule has 1 aliphatic rings. The molecule has 1 fully saturated rings. The van der Waals surface area contributed by atoms with Gasteiger partial charge in [-0.25, -0.2) is 9.13 Å². The molecule has 4 unspecified atom stereocenters. The zero-order chi connectivity index (χ0) is 42.5. The predicted octanol–water partition coefficient (Wildman–Crippen LogP) is 5.61. The number of unbranched alkanes of at least 4 members (excludes halogenated alkanes) is 21. The number of esters is 2. The molecule has 338 valence electrons. The third-order valence-corrected chi connectivity index (χ3v) is 11.5. The number of phosphoric ester groups is 2. The van der Waals surface area contributed by atoms with E-state index in [2.05, 4.69) is 11.4 Å². The zero-order valence-electron chi connectivity index (χ0n) is 34.1. The van der Waals surface area contributed by atoms with E-state index >= 15 is 0 Å². The molecule has 0 bridgehead atoms. The number of hydrogen-bond donors (Lipinski definition) is 8. The van der Waals surface area contributed by atoms with Crippen molar-refractivity contribution < 1.29 is 76.9 Å². The van der Waals surface area contributed by atoms with E-state index in [0.717, 1.165) is 70.8 Å². The van der Waals surface area contributed by atoms with Gasteiger partial charge >= 0.3 is 27.6 Å². The lowest BCUT2D eigenvalue weighted by Gasteiger charge is -2.43. The summed E-state index contributed by atoms with van der Waals surface area (Å²) < 4.78 is 49.1. The van der Waals surface area contributed by atoms with Gasteiger partial charge in [0.25, 0.3) is 0 Å². The second kappa shape index (κ2) is 31.8. The first kappa shape index (κ1) is 54.0. The first-order valence-electron chi connectivity index (χ1n) is 21.3. The van der Waals surface area contributed by atoms with Gasteiger partial charge in [0.1, 0.15) is 43.2 Å². The average molecular weight is 864 g/mol. The lowest BCUT2D eigenvalue weighted by atomic mass is 9.85. The van der Waals surface area contributed by atoms with Crippen LogP contribution < -0.4 is 5.73 Å². The third-order valence-electron chi connectivity index (χ3n) is 10.0. The van der Waals surface area contributed by atoms with E-state index in [4.69, 9.17) is 34.0 Å². The fourth-order valence-electron chi connectivity index (χ4n) is 6.69. The average Bonchev–Trinajstić information content (AvgIpc) is 3.16. The summed E-state index contributed by atoms with van der Waals surface area (Å²) in [5.74, 6) is -1.21. The SMILES string of the molecule is CCCCCCCCCCCCCCCC(=O)O[C@H](COC(=O)CCCCCCCCCCCCN)COP(=O)(O)OC1C(O)[C@H](OP(=O)(O)O)C(O)[C@H](O)[C@@H]1O. The summed E-state index contributed by atoms with van der Waals surface area (Å²) in [6.07, 6.45) is 10.3. The Balaban J connectivity index is 2.64. The van der Waals surface area contributed by atoms with Crippen molar-refractivity contribution in [1.82, 2.24) is 0 Å². The fraction of sp³-hybridized carbons (Fsp3) is 0.947. The molecular formula is C38H75NO16P2. The number of hydrogen-bond acceptors (Lipinski definition) is 14. The summed E-state index contributed by atoms with van der Waals surface area (Å²) in [6.45, 7) is 1.60. The summed E-state index contributed by atoms with van der Waals surface area (Å²) in [4.78, 5) is 54.0. The third kappa shape index (κ3) is 26.7. The Hall–Kier alpha value is -1.04. The van der Waals surface area contributed by atoms with Gasteiger partial charge in [-0.2, -0.15) is 0 Å². The van der Waals surface area contributed by atoms with Crippen molar-refractivity contribution in [3.8, 4) is 0 Å². The fourth-order valence-corrected chi connectivity index (χ4v) is 8.22. The maximum Gasteiger partial charge on any atom is 0.472 e. The molecule has 8 atom stereocenters. The molecule has 0 amide bonds. The molecule has 17 nitrogen and oxygen atoms in total. The second-order valence-electron chi connectivity index (χ2n) is 15.2. The first-order chi connectivity index (χ1) is 27.1. The highest BCUT2D eigenvalue weighted by atomic mass is 31.2. The summed E-state index contributed by atoms with van der Waals surface area (Å²) in [5.41, 5.74) is 5.52. The number of phosphoric acid groups is 2. The van der Waals surface area contributed by atoms with Crippen LogP contribution >= 0.6 is 15.6 Å². The largest absolute Gasteiger partial charge is 0.472 e. The predicted molar refractivity (Wildman–Crippen MR) is 213 cm³/mol. The van der Waals surface area contributed by atoms with Crippen molar-refractivity contribution in [2.75, 3.05) is 19.8 Å². The molecule has 1 rings (SSSR count). The summed E-state index contributed by atoms with van der Waals surface area (Å²) in [5, 5.41) is 41.1. The molecule has 9 N–H and O–H groups in total. The van der Waals surface area contributed by atoms with Crippen molar-refractivity contribution in [2.24, 2.45) is 5.73 Å². The van der Waals surface area contributed by atoms with Crippen LogP contribution in [0.1, 0.15) is 167 Å². The maximum atomic E-state index is 12.9. The highest BCUT2D eigenvalue weighted by Crippen LogP contribution is 2.49. The van der Waals surface area contributed by atoms with Crippen molar-refractivity contribution >= 4 is 27.6 Å². The molecule has 0 saturated heterocycles. The minimum atomic E-state index is -5.36. The molecule has 0 heterocycles. The van der Waals surface area contributed by atoms with E-state index in [-0.39, 0.29) is 12.8 Å². The van der Waals surface area contributed by atoms with Gasteiger partial charge in [0, 0.05) is 12.8 Å². The van der Waals surface area contributed by atoms with E-state index < -0.39 is 83.5 Å². The molecule has 57 heavy (non-hydrogen) atoms. The van der Waals surface area contributed by atoms with Crippen LogP contribution in [0.2, 0.25) is 0 Å². The topological polar surface area (TPSA) is 282 Å².